The Bertz CT molecular complexity index is 571. The van der Waals surface area contributed by atoms with Gasteiger partial charge in [0.1, 0.15) is 12.4 Å². The molecule has 1 aromatic rings. The van der Waals surface area contributed by atoms with Gasteiger partial charge >= 0.3 is 0 Å². The van der Waals surface area contributed by atoms with E-state index in [0.717, 1.165) is 12.3 Å². The van der Waals surface area contributed by atoms with Gasteiger partial charge in [-0.05, 0) is 43.0 Å². The maximum absolute atomic E-state index is 5.84. The van der Waals surface area contributed by atoms with Gasteiger partial charge in [-0.1, -0.05) is 42.3 Å². The topological polar surface area (TPSA) is 12.5 Å². The number of hydrogen-bond donors (Lipinski definition) is 0. The van der Waals surface area contributed by atoms with Crippen LogP contribution < -0.4 is 4.74 Å². The zero-order valence-corrected chi connectivity index (χ0v) is 13.4. The van der Waals surface area contributed by atoms with Crippen molar-refractivity contribution < 1.29 is 4.74 Å². The number of hydrogen-bond acceptors (Lipinski definition) is 2. The molecule has 0 amide bonds. The SMILES string of the molecule is CN1C=C(C2CCCCC2=CCOc2ccccc2)C=CC1. The molecule has 1 saturated carbocycles. The summed E-state index contributed by atoms with van der Waals surface area (Å²) in [6, 6.07) is 10.1. The molecule has 1 aliphatic heterocycles. The summed E-state index contributed by atoms with van der Waals surface area (Å²) in [5.41, 5.74) is 3.01. The summed E-state index contributed by atoms with van der Waals surface area (Å²) < 4.78 is 5.84. The lowest BCUT2D eigenvalue weighted by Crippen LogP contribution is -2.20. The molecule has 2 heteroatoms. The maximum atomic E-state index is 5.84. The molecule has 0 aromatic heterocycles. The van der Waals surface area contributed by atoms with E-state index in [1.54, 1.807) is 5.57 Å². The number of ether oxygens (including phenoxy) is 1. The van der Waals surface area contributed by atoms with Crippen molar-refractivity contribution in [3.8, 4) is 5.75 Å². The van der Waals surface area contributed by atoms with Crippen molar-refractivity contribution >= 4 is 0 Å². The van der Waals surface area contributed by atoms with Crippen molar-refractivity contribution in [2.45, 2.75) is 25.7 Å². The van der Waals surface area contributed by atoms with Crippen LogP contribution in [0.3, 0.4) is 0 Å². The van der Waals surface area contributed by atoms with Gasteiger partial charge in [0.2, 0.25) is 0 Å². The normalized spacial score (nSPS) is 23.5. The van der Waals surface area contributed by atoms with E-state index in [1.165, 1.54) is 31.3 Å². The monoisotopic (exact) mass is 295 g/mol. The van der Waals surface area contributed by atoms with Crippen LogP contribution >= 0.6 is 0 Å². The number of allylic oxidation sites excluding steroid dienone is 3. The lowest BCUT2D eigenvalue weighted by Gasteiger charge is -2.29. The molecule has 2 nitrogen and oxygen atoms in total. The van der Waals surface area contributed by atoms with Crippen molar-refractivity contribution in [1.29, 1.82) is 0 Å². The van der Waals surface area contributed by atoms with Gasteiger partial charge in [-0.15, -0.1) is 0 Å². The number of nitrogens with zero attached hydrogens (tertiary/aromatic N) is 1. The second kappa shape index (κ2) is 7.35. The van der Waals surface area contributed by atoms with Crippen molar-refractivity contribution in [2.24, 2.45) is 5.92 Å². The number of para-hydroxylation sites is 1. The van der Waals surface area contributed by atoms with Crippen LogP contribution in [0.1, 0.15) is 25.7 Å². The van der Waals surface area contributed by atoms with Crippen LogP contribution in [0.2, 0.25) is 0 Å². The minimum Gasteiger partial charge on any atom is -0.490 e. The first-order valence-electron chi connectivity index (χ1n) is 8.28. The Morgan fingerprint density at radius 2 is 2.09 bits per heavy atom. The van der Waals surface area contributed by atoms with E-state index >= 15 is 0 Å². The molecule has 1 aromatic carbocycles. The van der Waals surface area contributed by atoms with Gasteiger partial charge in [0.05, 0.1) is 0 Å². The highest BCUT2D eigenvalue weighted by atomic mass is 16.5. The summed E-state index contributed by atoms with van der Waals surface area (Å²) in [5, 5.41) is 0. The molecule has 1 atom stereocenters. The van der Waals surface area contributed by atoms with E-state index < -0.39 is 0 Å². The molecular weight excluding hydrogens is 270 g/mol. The minimum absolute atomic E-state index is 0.576. The van der Waals surface area contributed by atoms with Gasteiger partial charge in [0, 0.05) is 25.7 Å². The van der Waals surface area contributed by atoms with Crippen LogP contribution in [-0.4, -0.2) is 25.1 Å². The van der Waals surface area contributed by atoms with E-state index in [4.69, 9.17) is 4.74 Å². The number of likely N-dealkylation sites (N-methyl/N-ethyl adjacent to an activating group) is 1. The predicted molar refractivity (Wildman–Crippen MR) is 91.8 cm³/mol. The molecule has 0 radical (unpaired) electrons. The fourth-order valence-electron chi connectivity index (χ4n) is 3.34. The third-order valence-corrected chi connectivity index (χ3v) is 4.47. The molecule has 3 rings (SSSR count). The third-order valence-electron chi connectivity index (χ3n) is 4.47. The Morgan fingerprint density at radius 3 is 2.91 bits per heavy atom. The van der Waals surface area contributed by atoms with E-state index in [2.05, 4.69) is 36.4 Å². The Labute approximate surface area is 133 Å². The highest BCUT2D eigenvalue weighted by Crippen LogP contribution is 2.36. The van der Waals surface area contributed by atoms with Crippen molar-refractivity contribution in [1.82, 2.24) is 4.90 Å². The summed E-state index contributed by atoms with van der Waals surface area (Å²) in [7, 11) is 2.15. The molecule has 0 saturated heterocycles. The molecule has 0 bridgehead atoms. The van der Waals surface area contributed by atoms with E-state index in [-0.39, 0.29) is 0 Å². The van der Waals surface area contributed by atoms with Crippen LogP contribution in [0.5, 0.6) is 5.75 Å². The van der Waals surface area contributed by atoms with Crippen LogP contribution in [0.4, 0.5) is 0 Å². The van der Waals surface area contributed by atoms with Crippen molar-refractivity contribution in [3.63, 3.8) is 0 Å². The smallest absolute Gasteiger partial charge is 0.119 e. The Hall–Kier alpha value is -1.96. The average Bonchev–Trinajstić information content (AvgIpc) is 2.56. The fraction of sp³-hybridized carbons (Fsp3) is 0.400. The molecule has 1 aliphatic carbocycles. The van der Waals surface area contributed by atoms with Gasteiger partial charge in [-0.3, -0.25) is 0 Å². The highest BCUT2D eigenvalue weighted by Gasteiger charge is 2.22. The van der Waals surface area contributed by atoms with Gasteiger partial charge in [0.15, 0.2) is 0 Å². The molecule has 0 N–H and O–H groups in total. The zero-order chi connectivity index (χ0) is 15.2. The molecule has 1 heterocycles. The molecule has 116 valence electrons. The van der Waals surface area contributed by atoms with Gasteiger partial charge in [-0.2, -0.15) is 0 Å². The average molecular weight is 295 g/mol. The molecule has 1 fully saturated rings. The number of benzene rings is 1. The standard InChI is InChI=1S/C20H25NO/c1-21-14-7-9-18(16-21)20-12-6-5-8-17(20)13-15-22-19-10-3-2-4-11-19/h2-4,7,9-11,13,16,20H,5-6,8,12,14-15H2,1H3. The van der Waals surface area contributed by atoms with Crippen LogP contribution in [0.15, 0.2) is 65.9 Å². The van der Waals surface area contributed by atoms with Crippen LogP contribution in [0.25, 0.3) is 0 Å². The third kappa shape index (κ3) is 3.82. The summed E-state index contributed by atoms with van der Waals surface area (Å²) in [6.45, 7) is 1.69. The second-order valence-corrected chi connectivity index (χ2v) is 6.17. The summed E-state index contributed by atoms with van der Waals surface area (Å²) in [4.78, 5) is 2.27. The van der Waals surface area contributed by atoms with Gasteiger partial charge < -0.3 is 9.64 Å². The zero-order valence-electron chi connectivity index (χ0n) is 13.4. The summed E-state index contributed by atoms with van der Waals surface area (Å²) in [5.74, 6) is 1.52. The maximum Gasteiger partial charge on any atom is 0.119 e. The lowest BCUT2D eigenvalue weighted by atomic mass is 9.79. The van der Waals surface area contributed by atoms with Crippen LogP contribution in [0, 0.1) is 5.92 Å². The first kappa shape index (κ1) is 15.0. The molecule has 1 unspecified atom stereocenters. The molecule has 22 heavy (non-hydrogen) atoms. The lowest BCUT2D eigenvalue weighted by molar-refractivity contribution is 0.358. The fourth-order valence-corrected chi connectivity index (χ4v) is 3.34. The quantitative estimate of drug-likeness (QED) is 0.755. The highest BCUT2D eigenvalue weighted by molar-refractivity contribution is 5.33. The second-order valence-electron chi connectivity index (χ2n) is 6.17. The van der Waals surface area contributed by atoms with E-state index in [9.17, 15) is 0 Å². The van der Waals surface area contributed by atoms with E-state index in [1.807, 2.05) is 30.3 Å². The summed E-state index contributed by atoms with van der Waals surface area (Å²) in [6.07, 6.45) is 14.3. The predicted octanol–water partition coefficient (Wildman–Crippen LogP) is 4.57. The molecule has 0 spiro atoms. The molecular formula is C20H25NO. The van der Waals surface area contributed by atoms with Gasteiger partial charge in [0.25, 0.3) is 0 Å². The Morgan fingerprint density at radius 1 is 1.23 bits per heavy atom. The minimum atomic E-state index is 0.576. The van der Waals surface area contributed by atoms with Gasteiger partial charge in [-0.25, -0.2) is 0 Å². The Kier molecular flexibility index (Phi) is 4.99. The Balaban J connectivity index is 1.67. The van der Waals surface area contributed by atoms with Crippen LogP contribution in [-0.2, 0) is 0 Å². The first-order valence-corrected chi connectivity index (χ1v) is 8.28. The van der Waals surface area contributed by atoms with E-state index in [0.29, 0.717) is 12.5 Å². The molecule has 2 aliphatic rings. The number of rotatable bonds is 4. The van der Waals surface area contributed by atoms with Crippen molar-refractivity contribution in [3.05, 3.63) is 65.9 Å². The van der Waals surface area contributed by atoms with Crippen molar-refractivity contribution in [2.75, 3.05) is 20.2 Å². The first-order chi connectivity index (χ1) is 10.8. The largest absolute Gasteiger partial charge is 0.490 e. The summed E-state index contributed by atoms with van der Waals surface area (Å²) >= 11 is 0.